The number of carbonyl (C=O) groups is 1. The normalized spacial score (nSPS) is 10.6. The Hall–Kier alpha value is -2.49. The molecule has 4 heteroatoms. The second-order valence-electron chi connectivity index (χ2n) is 3.61. The molecule has 0 atom stereocenters. The van der Waals surface area contributed by atoms with Crippen molar-refractivity contribution in [1.29, 1.82) is 0 Å². The molecule has 1 amide bonds. The molecule has 1 rings (SSSR count). The van der Waals surface area contributed by atoms with Crippen LogP contribution in [0.2, 0.25) is 0 Å². The highest BCUT2D eigenvalue weighted by Crippen LogP contribution is 2.16. The van der Waals surface area contributed by atoms with Crippen LogP contribution in [0, 0.1) is 0 Å². The van der Waals surface area contributed by atoms with Crippen molar-refractivity contribution in [1.82, 2.24) is 5.32 Å². The van der Waals surface area contributed by atoms with Crippen LogP contribution in [0.5, 0.6) is 0 Å². The van der Waals surface area contributed by atoms with Gasteiger partial charge in [-0.15, -0.1) is 0 Å². The number of carbonyl (C=O) groups excluding carboxylic acids is 1. The molecule has 4 N–H and O–H groups in total. The highest BCUT2D eigenvalue weighted by Gasteiger charge is 2.10. The van der Waals surface area contributed by atoms with Gasteiger partial charge in [0.25, 0.3) is 5.91 Å². The molecule has 0 radical (unpaired) electrons. The minimum Gasteiger partial charge on any atom is -0.399 e. The van der Waals surface area contributed by atoms with Gasteiger partial charge in [0, 0.05) is 17.1 Å². The quantitative estimate of drug-likeness (QED) is 0.422. The van der Waals surface area contributed by atoms with E-state index < -0.39 is 0 Å². The summed E-state index contributed by atoms with van der Waals surface area (Å²) in [5.74, 6) is -0.291. The minimum absolute atomic E-state index is 0.291. The Morgan fingerprint density at radius 2 is 1.94 bits per heavy atom. The molecular formula is C14H17N3O. The van der Waals surface area contributed by atoms with Crippen LogP contribution in [0.3, 0.4) is 0 Å². The topological polar surface area (TPSA) is 67.2 Å². The van der Waals surface area contributed by atoms with Crippen LogP contribution >= 0.6 is 0 Å². The van der Waals surface area contributed by atoms with Crippen molar-refractivity contribution in [2.45, 2.75) is 6.92 Å². The van der Waals surface area contributed by atoms with Gasteiger partial charge in [0.05, 0.1) is 5.57 Å². The number of benzene rings is 1. The lowest BCUT2D eigenvalue weighted by Gasteiger charge is -2.12. The van der Waals surface area contributed by atoms with Gasteiger partial charge in [-0.1, -0.05) is 19.2 Å². The Bertz CT molecular complexity index is 486. The summed E-state index contributed by atoms with van der Waals surface area (Å²) in [7, 11) is 0. The predicted octanol–water partition coefficient (Wildman–Crippen LogP) is 2.40. The van der Waals surface area contributed by atoms with E-state index in [0.717, 1.165) is 5.69 Å². The Balaban J connectivity index is 2.80. The molecule has 0 fully saturated rings. The van der Waals surface area contributed by atoms with Gasteiger partial charge in [-0.05, 0) is 37.4 Å². The summed E-state index contributed by atoms with van der Waals surface area (Å²) in [6, 6.07) is 7.22. The number of anilines is 2. The molecule has 0 saturated carbocycles. The molecule has 0 heterocycles. The second-order valence-corrected chi connectivity index (χ2v) is 3.61. The smallest absolute Gasteiger partial charge is 0.256 e. The van der Waals surface area contributed by atoms with Gasteiger partial charge >= 0.3 is 0 Å². The van der Waals surface area contributed by atoms with E-state index in [2.05, 4.69) is 23.8 Å². The Morgan fingerprint density at radius 1 is 1.33 bits per heavy atom. The van der Waals surface area contributed by atoms with Crippen molar-refractivity contribution in [3.63, 3.8) is 0 Å². The van der Waals surface area contributed by atoms with Crippen LogP contribution in [-0.4, -0.2) is 5.91 Å². The number of hydrogen-bond donors (Lipinski definition) is 3. The number of amides is 1. The van der Waals surface area contributed by atoms with Crippen LogP contribution < -0.4 is 16.4 Å². The third kappa shape index (κ3) is 3.52. The molecule has 0 aliphatic carbocycles. The molecule has 0 aliphatic heterocycles. The highest BCUT2D eigenvalue weighted by atomic mass is 16.1. The molecule has 0 bridgehead atoms. The van der Waals surface area contributed by atoms with E-state index >= 15 is 0 Å². The standard InChI is InChI=1S/C14H17N3O/c1-4-13(10(3)14(18)16-5-2)17-12-8-6-11(15)7-9-12/h4-9,17H,2-3,15H2,1H3,(H,16,18)/b13-4+. The molecule has 0 unspecified atom stereocenters. The van der Waals surface area contributed by atoms with Crippen molar-refractivity contribution < 1.29 is 4.79 Å². The zero-order valence-corrected chi connectivity index (χ0v) is 10.4. The van der Waals surface area contributed by atoms with Crippen molar-refractivity contribution in [3.8, 4) is 0 Å². The number of allylic oxidation sites excluding steroid dienone is 1. The van der Waals surface area contributed by atoms with Crippen LogP contribution in [-0.2, 0) is 4.79 Å². The average Bonchev–Trinajstić information content (AvgIpc) is 2.37. The van der Waals surface area contributed by atoms with E-state index in [1.165, 1.54) is 6.20 Å². The van der Waals surface area contributed by atoms with E-state index in [4.69, 9.17) is 5.73 Å². The van der Waals surface area contributed by atoms with Crippen molar-refractivity contribution in [2.24, 2.45) is 0 Å². The van der Waals surface area contributed by atoms with Crippen molar-refractivity contribution in [3.05, 3.63) is 61.0 Å². The lowest BCUT2D eigenvalue weighted by atomic mass is 10.1. The maximum Gasteiger partial charge on any atom is 0.256 e. The molecule has 0 aliphatic rings. The largest absolute Gasteiger partial charge is 0.399 e. The summed E-state index contributed by atoms with van der Waals surface area (Å²) < 4.78 is 0. The summed E-state index contributed by atoms with van der Waals surface area (Å²) in [5.41, 5.74) is 8.11. The number of hydrogen-bond acceptors (Lipinski definition) is 3. The Kier molecular flexibility index (Phi) is 4.75. The molecule has 1 aromatic carbocycles. The third-order valence-corrected chi connectivity index (χ3v) is 2.31. The fraction of sp³-hybridized carbons (Fsp3) is 0.0714. The van der Waals surface area contributed by atoms with Crippen molar-refractivity contribution >= 4 is 17.3 Å². The van der Waals surface area contributed by atoms with Gasteiger partial charge < -0.3 is 16.4 Å². The summed E-state index contributed by atoms with van der Waals surface area (Å²) in [4.78, 5) is 11.6. The first-order valence-corrected chi connectivity index (χ1v) is 5.48. The van der Waals surface area contributed by atoms with E-state index in [1.54, 1.807) is 18.2 Å². The first-order chi connectivity index (χ1) is 8.58. The van der Waals surface area contributed by atoms with E-state index in [-0.39, 0.29) is 5.91 Å². The minimum atomic E-state index is -0.291. The van der Waals surface area contributed by atoms with Gasteiger partial charge in [-0.3, -0.25) is 4.79 Å². The van der Waals surface area contributed by atoms with Crippen LogP contribution in [0.4, 0.5) is 11.4 Å². The maximum atomic E-state index is 11.6. The van der Waals surface area contributed by atoms with Crippen LogP contribution in [0.25, 0.3) is 0 Å². The lowest BCUT2D eigenvalue weighted by molar-refractivity contribution is -0.116. The zero-order chi connectivity index (χ0) is 13.5. The van der Waals surface area contributed by atoms with E-state index in [1.807, 2.05) is 19.1 Å². The number of nitrogens with two attached hydrogens (primary N) is 1. The molecule has 4 nitrogen and oxygen atoms in total. The summed E-state index contributed by atoms with van der Waals surface area (Å²) >= 11 is 0. The fourth-order valence-electron chi connectivity index (χ4n) is 1.35. The van der Waals surface area contributed by atoms with Crippen LogP contribution in [0.1, 0.15) is 6.92 Å². The number of rotatable bonds is 5. The molecule has 0 saturated heterocycles. The number of nitrogens with one attached hydrogen (secondary N) is 2. The monoisotopic (exact) mass is 243 g/mol. The van der Waals surface area contributed by atoms with E-state index in [0.29, 0.717) is 17.0 Å². The Labute approximate surface area is 107 Å². The predicted molar refractivity (Wildman–Crippen MR) is 75.7 cm³/mol. The van der Waals surface area contributed by atoms with Crippen molar-refractivity contribution in [2.75, 3.05) is 11.1 Å². The van der Waals surface area contributed by atoms with Gasteiger partial charge in [0.2, 0.25) is 0 Å². The van der Waals surface area contributed by atoms with E-state index in [9.17, 15) is 4.79 Å². The highest BCUT2D eigenvalue weighted by molar-refractivity contribution is 5.98. The maximum absolute atomic E-state index is 11.6. The molecular weight excluding hydrogens is 226 g/mol. The second kappa shape index (κ2) is 6.30. The zero-order valence-electron chi connectivity index (χ0n) is 10.4. The van der Waals surface area contributed by atoms with Crippen LogP contribution in [0.15, 0.2) is 61.0 Å². The summed E-state index contributed by atoms with van der Waals surface area (Å²) in [5, 5.41) is 5.59. The Morgan fingerprint density at radius 3 is 2.44 bits per heavy atom. The first kappa shape index (κ1) is 13.6. The molecule has 94 valence electrons. The molecule has 0 aromatic heterocycles. The van der Waals surface area contributed by atoms with Gasteiger partial charge in [0.1, 0.15) is 0 Å². The van der Waals surface area contributed by atoms with Gasteiger partial charge in [-0.25, -0.2) is 0 Å². The van der Waals surface area contributed by atoms with Gasteiger partial charge in [-0.2, -0.15) is 0 Å². The third-order valence-electron chi connectivity index (χ3n) is 2.31. The fourth-order valence-corrected chi connectivity index (χ4v) is 1.35. The molecule has 18 heavy (non-hydrogen) atoms. The lowest BCUT2D eigenvalue weighted by Crippen LogP contribution is -2.21. The van der Waals surface area contributed by atoms with Gasteiger partial charge in [0.15, 0.2) is 0 Å². The number of nitrogen functional groups attached to an aromatic ring is 1. The summed E-state index contributed by atoms with van der Waals surface area (Å²) in [6.07, 6.45) is 3.10. The molecule has 0 spiro atoms. The SMILES string of the molecule is C=CNC(=O)C(=C)/C(=C\C)Nc1ccc(N)cc1. The average molecular weight is 243 g/mol. The molecule has 1 aromatic rings. The summed E-state index contributed by atoms with van der Waals surface area (Å²) in [6.45, 7) is 9.00. The first-order valence-electron chi connectivity index (χ1n) is 5.48.